The molecule has 0 aliphatic rings. The molecule has 14 heavy (non-hydrogen) atoms. The summed E-state index contributed by atoms with van der Waals surface area (Å²) in [5.41, 5.74) is 1.85. The maximum Gasteiger partial charge on any atom is 0.128 e. The van der Waals surface area contributed by atoms with Gasteiger partial charge >= 0.3 is 0 Å². The van der Waals surface area contributed by atoms with Crippen LogP contribution >= 0.6 is 0 Å². The summed E-state index contributed by atoms with van der Waals surface area (Å²) < 4.78 is 5.64. The number of aliphatic hydroxyl groups excluding tert-OH is 1. The van der Waals surface area contributed by atoms with Gasteiger partial charge in [0.05, 0.1) is 6.61 Å². The predicted molar refractivity (Wildman–Crippen MR) is 57.4 cm³/mol. The Kier molecular flexibility index (Phi) is 3.72. The van der Waals surface area contributed by atoms with E-state index in [1.165, 1.54) is 0 Å². The first-order chi connectivity index (χ1) is 6.69. The molecule has 0 radical (unpaired) electrons. The third-order valence-corrected chi connectivity index (χ3v) is 2.10. The van der Waals surface area contributed by atoms with Crippen molar-refractivity contribution in [3.63, 3.8) is 0 Å². The van der Waals surface area contributed by atoms with Gasteiger partial charge in [0, 0.05) is 5.56 Å². The smallest absolute Gasteiger partial charge is 0.128 e. The highest BCUT2D eigenvalue weighted by Gasteiger charge is 2.07. The molecule has 0 heterocycles. The molecule has 1 rings (SSSR count). The molecule has 1 aromatic rings. The fourth-order valence-corrected chi connectivity index (χ4v) is 1.24. The molecule has 1 atom stereocenters. The first-order valence-electron chi connectivity index (χ1n) is 4.67. The van der Waals surface area contributed by atoms with Crippen LogP contribution in [0.3, 0.4) is 0 Å². The molecule has 0 spiro atoms. The SMILES string of the molecule is C=CC(C)Oc1c(C)cccc1CO. The highest BCUT2D eigenvalue weighted by Crippen LogP contribution is 2.24. The van der Waals surface area contributed by atoms with Gasteiger partial charge in [0.1, 0.15) is 11.9 Å². The van der Waals surface area contributed by atoms with E-state index in [-0.39, 0.29) is 12.7 Å². The lowest BCUT2D eigenvalue weighted by atomic mass is 10.1. The molecule has 0 aliphatic carbocycles. The van der Waals surface area contributed by atoms with E-state index in [9.17, 15) is 0 Å². The number of hydrogen-bond donors (Lipinski definition) is 1. The van der Waals surface area contributed by atoms with Crippen LogP contribution in [-0.2, 0) is 6.61 Å². The molecule has 2 nitrogen and oxygen atoms in total. The van der Waals surface area contributed by atoms with Crippen LogP contribution in [-0.4, -0.2) is 11.2 Å². The van der Waals surface area contributed by atoms with Gasteiger partial charge < -0.3 is 9.84 Å². The molecule has 0 aliphatic heterocycles. The second-order valence-electron chi connectivity index (χ2n) is 3.28. The number of rotatable bonds is 4. The first kappa shape index (κ1) is 10.8. The molecule has 0 amide bonds. The van der Waals surface area contributed by atoms with Crippen molar-refractivity contribution >= 4 is 0 Å². The van der Waals surface area contributed by atoms with Crippen molar-refractivity contribution in [3.8, 4) is 5.75 Å². The summed E-state index contributed by atoms with van der Waals surface area (Å²) >= 11 is 0. The fourth-order valence-electron chi connectivity index (χ4n) is 1.24. The number of benzene rings is 1. The van der Waals surface area contributed by atoms with Crippen molar-refractivity contribution in [2.24, 2.45) is 0 Å². The summed E-state index contributed by atoms with van der Waals surface area (Å²) in [4.78, 5) is 0. The minimum absolute atomic E-state index is 0.000869. The maximum atomic E-state index is 9.12. The van der Waals surface area contributed by atoms with E-state index in [4.69, 9.17) is 9.84 Å². The van der Waals surface area contributed by atoms with E-state index >= 15 is 0 Å². The molecule has 1 unspecified atom stereocenters. The third kappa shape index (κ3) is 2.36. The minimum atomic E-state index is -0.0404. The van der Waals surface area contributed by atoms with E-state index in [2.05, 4.69) is 6.58 Å². The van der Waals surface area contributed by atoms with Gasteiger partial charge in [-0.2, -0.15) is 0 Å². The summed E-state index contributed by atoms with van der Waals surface area (Å²) in [5, 5.41) is 9.12. The molecule has 0 saturated heterocycles. The Labute approximate surface area is 84.8 Å². The van der Waals surface area contributed by atoms with Crippen LogP contribution in [0.15, 0.2) is 30.9 Å². The van der Waals surface area contributed by atoms with Crippen LogP contribution in [0, 0.1) is 6.92 Å². The van der Waals surface area contributed by atoms with Gasteiger partial charge in [0.25, 0.3) is 0 Å². The molecule has 0 fully saturated rings. The predicted octanol–water partition coefficient (Wildman–Crippen LogP) is 2.44. The zero-order valence-corrected chi connectivity index (χ0v) is 8.66. The van der Waals surface area contributed by atoms with Gasteiger partial charge in [0.15, 0.2) is 0 Å². The average Bonchev–Trinajstić information content (AvgIpc) is 2.20. The number of para-hydroxylation sites is 1. The lowest BCUT2D eigenvalue weighted by Crippen LogP contribution is -2.10. The van der Waals surface area contributed by atoms with Crippen LogP contribution < -0.4 is 4.74 Å². The van der Waals surface area contributed by atoms with Crippen LogP contribution in [0.2, 0.25) is 0 Å². The van der Waals surface area contributed by atoms with Crippen LogP contribution in [0.25, 0.3) is 0 Å². The summed E-state index contributed by atoms with van der Waals surface area (Å²) in [5.74, 6) is 0.766. The van der Waals surface area contributed by atoms with Crippen LogP contribution in [0.5, 0.6) is 5.75 Å². The average molecular weight is 192 g/mol. The van der Waals surface area contributed by atoms with E-state index in [0.717, 1.165) is 16.9 Å². The zero-order valence-electron chi connectivity index (χ0n) is 8.66. The van der Waals surface area contributed by atoms with Gasteiger partial charge in [-0.1, -0.05) is 30.9 Å². The highest BCUT2D eigenvalue weighted by atomic mass is 16.5. The van der Waals surface area contributed by atoms with Gasteiger partial charge in [-0.15, -0.1) is 0 Å². The lowest BCUT2D eigenvalue weighted by Gasteiger charge is -2.15. The molecule has 0 bridgehead atoms. The number of aryl methyl sites for hydroxylation is 1. The second kappa shape index (κ2) is 4.82. The van der Waals surface area contributed by atoms with Crippen molar-refractivity contribution < 1.29 is 9.84 Å². The van der Waals surface area contributed by atoms with Crippen molar-refractivity contribution in [3.05, 3.63) is 42.0 Å². The number of aliphatic hydroxyl groups is 1. The third-order valence-electron chi connectivity index (χ3n) is 2.10. The van der Waals surface area contributed by atoms with Crippen molar-refractivity contribution in [2.75, 3.05) is 0 Å². The number of ether oxygens (including phenoxy) is 1. The normalized spacial score (nSPS) is 12.2. The molecule has 1 N–H and O–H groups in total. The Hall–Kier alpha value is -1.28. The van der Waals surface area contributed by atoms with E-state index in [0.29, 0.717) is 0 Å². The summed E-state index contributed by atoms with van der Waals surface area (Å²) in [7, 11) is 0. The Morgan fingerprint density at radius 3 is 2.86 bits per heavy atom. The Morgan fingerprint density at radius 1 is 1.57 bits per heavy atom. The van der Waals surface area contributed by atoms with Crippen LogP contribution in [0.1, 0.15) is 18.1 Å². The molecule has 76 valence electrons. The lowest BCUT2D eigenvalue weighted by molar-refractivity contribution is 0.242. The van der Waals surface area contributed by atoms with Crippen molar-refractivity contribution in [1.29, 1.82) is 0 Å². The molecule has 0 saturated carbocycles. The number of hydrogen-bond acceptors (Lipinski definition) is 2. The Balaban J connectivity index is 2.98. The topological polar surface area (TPSA) is 29.5 Å². The monoisotopic (exact) mass is 192 g/mol. The molecular formula is C12H16O2. The van der Waals surface area contributed by atoms with Crippen LogP contribution in [0.4, 0.5) is 0 Å². The Bertz CT molecular complexity index is 318. The van der Waals surface area contributed by atoms with Crippen molar-refractivity contribution in [1.82, 2.24) is 0 Å². The Morgan fingerprint density at radius 2 is 2.29 bits per heavy atom. The first-order valence-corrected chi connectivity index (χ1v) is 4.67. The van der Waals surface area contributed by atoms with Gasteiger partial charge in [-0.25, -0.2) is 0 Å². The largest absolute Gasteiger partial charge is 0.486 e. The second-order valence-corrected chi connectivity index (χ2v) is 3.28. The minimum Gasteiger partial charge on any atom is -0.486 e. The summed E-state index contributed by atoms with van der Waals surface area (Å²) in [6.07, 6.45) is 1.69. The van der Waals surface area contributed by atoms with E-state index < -0.39 is 0 Å². The fraction of sp³-hybridized carbons (Fsp3) is 0.333. The molecule has 1 aromatic carbocycles. The molecule has 0 aromatic heterocycles. The van der Waals surface area contributed by atoms with E-state index in [1.807, 2.05) is 32.0 Å². The maximum absolute atomic E-state index is 9.12. The highest BCUT2D eigenvalue weighted by molar-refractivity contribution is 5.40. The zero-order chi connectivity index (χ0) is 10.6. The van der Waals surface area contributed by atoms with Crippen molar-refractivity contribution in [2.45, 2.75) is 26.6 Å². The molecule has 2 heteroatoms. The summed E-state index contributed by atoms with van der Waals surface area (Å²) in [6.45, 7) is 7.54. The van der Waals surface area contributed by atoms with Gasteiger partial charge in [-0.3, -0.25) is 0 Å². The van der Waals surface area contributed by atoms with Gasteiger partial charge in [0.2, 0.25) is 0 Å². The standard InChI is InChI=1S/C12H16O2/c1-4-10(3)14-12-9(2)6-5-7-11(12)8-13/h4-7,10,13H,1,8H2,2-3H3. The molecular weight excluding hydrogens is 176 g/mol. The van der Waals surface area contributed by atoms with Gasteiger partial charge in [-0.05, 0) is 19.4 Å². The summed E-state index contributed by atoms with van der Waals surface area (Å²) in [6, 6.07) is 5.73. The quantitative estimate of drug-likeness (QED) is 0.742. The van der Waals surface area contributed by atoms with E-state index in [1.54, 1.807) is 6.08 Å².